The van der Waals surface area contributed by atoms with Crippen LogP contribution in [0.25, 0.3) is 10.4 Å². The number of halogens is 1. The van der Waals surface area contributed by atoms with Crippen molar-refractivity contribution < 1.29 is 4.79 Å². The molecule has 1 heterocycles. The van der Waals surface area contributed by atoms with Gasteiger partial charge in [0.15, 0.2) is 6.29 Å². The fourth-order valence-electron chi connectivity index (χ4n) is 1.43. The third kappa shape index (κ3) is 1.96. The van der Waals surface area contributed by atoms with Gasteiger partial charge in [-0.05, 0) is 41.6 Å². The predicted octanol–water partition coefficient (Wildman–Crippen LogP) is 4.19. The summed E-state index contributed by atoms with van der Waals surface area (Å²) in [5.41, 5.74) is 2.84. The minimum atomic E-state index is 0.510. The lowest BCUT2D eigenvalue weighted by molar-refractivity contribution is 0.112. The summed E-state index contributed by atoms with van der Waals surface area (Å²) in [6, 6.07) is 7.59. The van der Waals surface area contributed by atoms with E-state index in [0.717, 1.165) is 11.8 Å². The Balaban J connectivity index is 2.52. The average molecular weight is 237 g/mol. The van der Waals surface area contributed by atoms with Crippen LogP contribution in [0, 0.1) is 6.92 Å². The molecule has 1 aromatic carbocycles. The Kier molecular flexibility index (Phi) is 2.89. The molecule has 15 heavy (non-hydrogen) atoms. The average Bonchev–Trinajstić information content (AvgIpc) is 2.64. The van der Waals surface area contributed by atoms with Gasteiger partial charge in [0, 0.05) is 10.4 Å². The number of hydrogen-bond acceptors (Lipinski definition) is 2. The van der Waals surface area contributed by atoms with Gasteiger partial charge in [-0.1, -0.05) is 17.7 Å². The molecule has 0 saturated carbocycles. The van der Waals surface area contributed by atoms with E-state index in [0.29, 0.717) is 10.6 Å². The second-order valence-electron chi connectivity index (χ2n) is 3.29. The van der Waals surface area contributed by atoms with Gasteiger partial charge < -0.3 is 0 Å². The van der Waals surface area contributed by atoms with Crippen molar-refractivity contribution in [3.05, 3.63) is 45.8 Å². The minimum Gasteiger partial charge on any atom is -0.298 e. The monoisotopic (exact) mass is 236 g/mol. The number of aryl methyl sites for hydroxylation is 1. The molecule has 3 heteroatoms. The topological polar surface area (TPSA) is 17.1 Å². The molecule has 1 nitrogen and oxygen atoms in total. The van der Waals surface area contributed by atoms with Crippen LogP contribution < -0.4 is 0 Å². The van der Waals surface area contributed by atoms with Gasteiger partial charge in [-0.2, -0.15) is 0 Å². The van der Waals surface area contributed by atoms with Crippen LogP contribution in [0.1, 0.15) is 15.9 Å². The van der Waals surface area contributed by atoms with Crippen molar-refractivity contribution in [2.24, 2.45) is 0 Å². The van der Waals surface area contributed by atoms with Crippen molar-refractivity contribution in [3.8, 4) is 10.4 Å². The lowest BCUT2D eigenvalue weighted by Gasteiger charge is -2.02. The van der Waals surface area contributed by atoms with Gasteiger partial charge in [-0.3, -0.25) is 4.79 Å². The van der Waals surface area contributed by atoms with Crippen LogP contribution in [-0.4, -0.2) is 6.29 Å². The SMILES string of the molecule is Cc1ccsc1-c1ccc(C=O)c(Cl)c1. The molecule has 0 fully saturated rings. The van der Waals surface area contributed by atoms with Crippen molar-refractivity contribution in [2.75, 3.05) is 0 Å². The highest BCUT2D eigenvalue weighted by atomic mass is 35.5. The number of rotatable bonds is 2. The molecule has 0 N–H and O–H groups in total. The summed E-state index contributed by atoms with van der Waals surface area (Å²) in [7, 11) is 0. The molecule has 0 bridgehead atoms. The van der Waals surface area contributed by atoms with E-state index in [1.54, 1.807) is 17.4 Å². The highest BCUT2D eigenvalue weighted by molar-refractivity contribution is 7.13. The summed E-state index contributed by atoms with van der Waals surface area (Å²) in [5.74, 6) is 0. The van der Waals surface area contributed by atoms with Crippen LogP contribution in [0.15, 0.2) is 29.6 Å². The summed E-state index contributed by atoms with van der Waals surface area (Å²) in [6.07, 6.45) is 0.771. The van der Waals surface area contributed by atoms with E-state index in [2.05, 4.69) is 13.0 Å². The van der Waals surface area contributed by atoms with Crippen molar-refractivity contribution in [2.45, 2.75) is 6.92 Å². The molecule has 76 valence electrons. The zero-order chi connectivity index (χ0) is 10.8. The summed E-state index contributed by atoms with van der Waals surface area (Å²) in [5, 5.41) is 2.56. The van der Waals surface area contributed by atoms with Crippen LogP contribution in [0.5, 0.6) is 0 Å². The van der Waals surface area contributed by atoms with Gasteiger partial charge in [0.1, 0.15) is 0 Å². The minimum absolute atomic E-state index is 0.510. The Morgan fingerprint density at radius 3 is 2.67 bits per heavy atom. The van der Waals surface area contributed by atoms with Crippen molar-refractivity contribution in [3.63, 3.8) is 0 Å². The summed E-state index contributed by atoms with van der Waals surface area (Å²) >= 11 is 7.65. The van der Waals surface area contributed by atoms with Crippen molar-refractivity contribution >= 4 is 29.2 Å². The molecule has 0 aliphatic carbocycles. The van der Waals surface area contributed by atoms with Crippen molar-refractivity contribution in [1.29, 1.82) is 0 Å². The first kappa shape index (κ1) is 10.4. The molecule has 0 aliphatic heterocycles. The third-order valence-electron chi connectivity index (χ3n) is 2.25. The van der Waals surface area contributed by atoms with Gasteiger partial charge in [0.05, 0.1) is 5.02 Å². The zero-order valence-electron chi connectivity index (χ0n) is 8.16. The third-order valence-corrected chi connectivity index (χ3v) is 3.64. The lowest BCUT2D eigenvalue weighted by Crippen LogP contribution is -1.83. The lowest BCUT2D eigenvalue weighted by atomic mass is 10.1. The molecule has 0 spiro atoms. The molecule has 2 rings (SSSR count). The fourth-order valence-corrected chi connectivity index (χ4v) is 2.58. The second-order valence-corrected chi connectivity index (χ2v) is 4.61. The maximum atomic E-state index is 10.6. The Hall–Kier alpha value is -1.12. The smallest absolute Gasteiger partial charge is 0.151 e. The van der Waals surface area contributed by atoms with Gasteiger partial charge >= 0.3 is 0 Å². The summed E-state index contributed by atoms with van der Waals surface area (Å²) in [4.78, 5) is 11.8. The number of carbonyl (C=O) groups is 1. The van der Waals surface area contributed by atoms with Gasteiger partial charge in [0.2, 0.25) is 0 Å². The molecule has 0 radical (unpaired) electrons. The van der Waals surface area contributed by atoms with E-state index >= 15 is 0 Å². The highest BCUT2D eigenvalue weighted by Crippen LogP contribution is 2.31. The second kappa shape index (κ2) is 4.17. The fraction of sp³-hybridized carbons (Fsp3) is 0.0833. The molecule has 1 aromatic heterocycles. The number of benzene rings is 1. The molecule has 0 unspecified atom stereocenters. The van der Waals surface area contributed by atoms with Crippen molar-refractivity contribution in [1.82, 2.24) is 0 Å². The molecular formula is C12H9ClOS. The van der Waals surface area contributed by atoms with Crippen LogP contribution in [-0.2, 0) is 0 Å². The standard InChI is InChI=1S/C12H9ClOS/c1-8-4-5-15-12(8)9-2-3-10(7-14)11(13)6-9/h2-7H,1H3. The van der Waals surface area contributed by atoms with Crippen LogP contribution in [0.2, 0.25) is 5.02 Å². The van der Waals surface area contributed by atoms with Crippen LogP contribution >= 0.6 is 22.9 Å². The van der Waals surface area contributed by atoms with Crippen LogP contribution in [0.3, 0.4) is 0 Å². The molecule has 0 atom stereocenters. The number of carbonyl (C=O) groups excluding carboxylic acids is 1. The maximum Gasteiger partial charge on any atom is 0.151 e. The van der Waals surface area contributed by atoms with Crippen LogP contribution in [0.4, 0.5) is 0 Å². The van der Waals surface area contributed by atoms with E-state index in [9.17, 15) is 4.79 Å². The van der Waals surface area contributed by atoms with E-state index in [1.165, 1.54) is 10.4 Å². The summed E-state index contributed by atoms with van der Waals surface area (Å²) in [6.45, 7) is 2.06. The first-order chi connectivity index (χ1) is 7.22. The molecule has 2 aromatic rings. The Morgan fingerprint density at radius 2 is 2.13 bits per heavy atom. The number of aldehydes is 1. The first-order valence-electron chi connectivity index (χ1n) is 4.51. The predicted molar refractivity (Wildman–Crippen MR) is 64.9 cm³/mol. The molecule has 0 aliphatic rings. The Morgan fingerprint density at radius 1 is 1.33 bits per heavy atom. The van der Waals surface area contributed by atoms with E-state index < -0.39 is 0 Å². The zero-order valence-corrected chi connectivity index (χ0v) is 9.73. The summed E-state index contributed by atoms with van der Waals surface area (Å²) < 4.78 is 0. The Bertz CT molecular complexity index is 502. The molecular weight excluding hydrogens is 228 g/mol. The van der Waals surface area contributed by atoms with Gasteiger partial charge in [0.25, 0.3) is 0 Å². The normalized spacial score (nSPS) is 10.3. The first-order valence-corrected chi connectivity index (χ1v) is 5.77. The van der Waals surface area contributed by atoms with E-state index in [4.69, 9.17) is 11.6 Å². The molecule has 0 saturated heterocycles. The molecule has 0 amide bonds. The largest absolute Gasteiger partial charge is 0.298 e. The maximum absolute atomic E-state index is 10.6. The highest BCUT2D eigenvalue weighted by Gasteiger charge is 2.06. The van der Waals surface area contributed by atoms with E-state index in [-0.39, 0.29) is 0 Å². The number of thiophene rings is 1. The quantitative estimate of drug-likeness (QED) is 0.715. The number of hydrogen-bond donors (Lipinski definition) is 0. The van der Waals surface area contributed by atoms with E-state index in [1.807, 2.05) is 17.5 Å². The van der Waals surface area contributed by atoms with Gasteiger partial charge in [-0.25, -0.2) is 0 Å². The Labute approximate surface area is 97.3 Å². The van der Waals surface area contributed by atoms with Gasteiger partial charge in [-0.15, -0.1) is 11.3 Å².